The number of hydrogen-bond donors (Lipinski definition) is 2. The molecule has 0 aliphatic carbocycles. The third-order valence-corrected chi connectivity index (χ3v) is 2.11. The van der Waals surface area contributed by atoms with Gasteiger partial charge in [0.05, 0.1) is 0 Å². The number of fused-ring (bicyclic) bond motifs is 1. The first-order valence-electron chi connectivity index (χ1n) is 4.59. The lowest BCUT2D eigenvalue weighted by atomic mass is 10.2. The highest BCUT2D eigenvalue weighted by Gasteiger charge is 2.06. The molecule has 0 spiro atoms. The highest BCUT2D eigenvalue weighted by Crippen LogP contribution is 2.24. The van der Waals surface area contributed by atoms with E-state index in [1.807, 2.05) is 25.1 Å². The van der Waals surface area contributed by atoms with Crippen LogP contribution < -0.4 is 10.5 Å². The van der Waals surface area contributed by atoms with E-state index in [0.717, 1.165) is 22.3 Å². The molecule has 0 aliphatic rings. The molecule has 0 fully saturated rings. The number of rotatable bonds is 3. The summed E-state index contributed by atoms with van der Waals surface area (Å²) in [6.07, 6.45) is 0. The number of hydrogen-bond acceptors (Lipinski definition) is 3. The molecule has 0 radical (unpaired) electrons. The van der Waals surface area contributed by atoms with Gasteiger partial charge in [0.25, 0.3) is 0 Å². The number of benzene rings is 1. The number of para-hydroxylation sites is 1. The van der Waals surface area contributed by atoms with Crippen LogP contribution in [0, 0.1) is 6.92 Å². The number of nitrogens with two attached hydrogens (primary N) is 1. The lowest BCUT2D eigenvalue weighted by molar-refractivity contribution is 0.331. The molecular formula is C10H13N3O. The molecule has 1 aromatic heterocycles. The van der Waals surface area contributed by atoms with Gasteiger partial charge in [-0.3, -0.25) is 5.10 Å². The van der Waals surface area contributed by atoms with Crippen molar-refractivity contribution < 1.29 is 4.74 Å². The second-order valence-electron chi connectivity index (χ2n) is 3.14. The molecular weight excluding hydrogens is 178 g/mol. The molecule has 0 bridgehead atoms. The van der Waals surface area contributed by atoms with Gasteiger partial charge in [-0.2, -0.15) is 5.10 Å². The Labute approximate surface area is 82.1 Å². The SMILES string of the molecule is Cc1[nH]nc2c(OCCN)cccc12. The topological polar surface area (TPSA) is 63.9 Å². The van der Waals surface area contributed by atoms with Crippen molar-refractivity contribution in [2.45, 2.75) is 6.92 Å². The lowest BCUT2D eigenvalue weighted by Gasteiger charge is -2.03. The van der Waals surface area contributed by atoms with E-state index in [9.17, 15) is 0 Å². The molecule has 4 nitrogen and oxygen atoms in total. The van der Waals surface area contributed by atoms with Crippen LogP contribution in [0.25, 0.3) is 10.9 Å². The summed E-state index contributed by atoms with van der Waals surface area (Å²) >= 11 is 0. The quantitative estimate of drug-likeness (QED) is 0.766. The van der Waals surface area contributed by atoms with Crippen molar-refractivity contribution in [1.29, 1.82) is 0 Å². The highest BCUT2D eigenvalue weighted by atomic mass is 16.5. The fraction of sp³-hybridized carbons (Fsp3) is 0.300. The molecule has 3 N–H and O–H groups in total. The first kappa shape index (κ1) is 9.02. The number of aryl methyl sites for hydroxylation is 1. The minimum Gasteiger partial charge on any atom is -0.490 e. The van der Waals surface area contributed by atoms with Gasteiger partial charge in [-0.25, -0.2) is 0 Å². The molecule has 0 saturated heterocycles. The van der Waals surface area contributed by atoms with Crippen LogP contribution in [0.2, 0.25) is 0 Å². The van der Waals surface area contributed by atoms with Crippen LogP contribution in [-0.2, 0) is 0 Å². The van der Waals surface area contributed by atoms with Crippen molar-refractivity contribution in [2.24, 2.45) is 5.73 Å². The summed E-state index contributed by atoms with van der Waals surface area (Å²) in [6.45, 7) is 3.02. The minimum atomic E-state index is 0.514. The Kier molecular flexibility index (Phi) is 2.37. The summed E-state index contributed by atoms with van der Waals surface area (Å²) in [4.78, 5) is 0. The van der Waals surface area contributed by atoms with E-state index >= 15 is 0 Å². The van der Waals surface area contributed by atoms with Gasteiger partial charge in [-0.1, -0.05) is 12.1 Å². The summed E-state index contributed by atoms with van der Waals surface area (Å²) < 4.78 is 5.47. The fourth-order valence-electron chi connectivity index (χ4n) is 1.43. The molecule has 1 aromatic carbocycles. The van der Waals surface area contributed by atoms with Crippen molar-refractivity contribution in [3.8, 4) is 5.75 Å². The van der Waals surface area contributed by atoms with E-state index in [1.165, 1.54) is 0 Å². The van der Waals surface area contributed by atoms with Crippen LogP contribution in [-0.4, -0.2) is 23.3 Å². The van der Waals surface area contributed by atoms with Gasteiger partial charge in [0, 0.05) is 17.6 Å². The van der Waals surface area contributed by atoms with Crippen molar-refractivity contribution in [3.63, 3.8) is 0 Å². The number of aromatic nitrogens is 2. The lowest BCUT2D eigenvalue weighted by Crippen LogP contribution is -2.10. The molecule has 2 rings (SSSR count). The predicted octanol–water partition coefficient (Wildman–Crippen LogP) is 1.21. The largest absolute Gasteiger partial charge is 0.490 e. The maximum atomic E-state index is 5.47. The summed E-state index contributed by atoms with van der Waals surface area (Å²) in [5.74, 6) is 0.789. The van der Waals surface area contributed by atoms with Gasteiger partial charge in [0.1, 0.15) is 17.9 Å². The highest BCUT2D eigenvalue weighted by molar-refractivity contribution is 5.86. The predicted molar refractivity (Wildman–Crippen MR) is 55.4 cm³/mol. The normalized spacial score (nSPS) is 10.7. The van der Waals surface area contributed by atoms with Crippen molar-refractivity contribution in [3.05, 3.63) is 23.9 Å². The van der Waals surface area contributed by atoms with E-state index in [1.54, 1.807) is 0 Å². The Morgan fingerprint density at radius 1 is 1.50 bits per heavy atom. The van der Waals surface area contributed by atoms with Crippen LogP contribution in [0.3, 0.4) is 0 Å². The zero-order chi connectivity index (χ0) is 9.97. The van der Waals surface area contributed by atoms with E-state index < -0.39 is 0 Å². The smallest absolute Gasteiger partial charge is 0.147 e. The summed E-state index contributed by atoms with van der Waals surface area (Å²) in [5.41, 5.74) is 7.30. The van der Waals surface area contributed by atoms with Gasteiger partial charge >= 0.3 is 0 Å². The number of nitrogens with one attached hydrogen (secondary N) is 1. The van der Waals surface area contributed by atoms with Crippen LogP contribution in [0.1, 0.15) is 5.69 Å². The number of H-pyrrole nitrogens is 1. The minimum absolute atomic E-state index is 0.514. The van der Waals surface area contributed by atoms with E-state index in [2.05, 4.69) is 10.2 Å². The molecule has 14 heavy (non-hydrogen) atoms. The second kappa shape index (κ2) is 3.67. The Bertz CT molecular complexity index is 436. The van der Waals surface area contributed by atoms with E-state index in [-0.39, 0.29) is 0 Å². The van der Waals surface area contributed by atoms with Gasteiger partial charge in [-0.05, 0) is 13.0 Å². The van der Waals surface area contributed by atoms with Crippen LogP contribution >= 0.6 is 0 Å². The number of ether oxygens (including phenoxy) is 1. The van der Waals surface area contributed by atoms with Gasteiger partial charge < -0.3 is 10.5 Å². The van der Waals surface area contributed by atoms with E-state index in [0.29, 0.717) is 13.2 Å². The van der Waals surface area contributed by atoms with Crippen LogP contribution in [0.5, 0.6) is 5.75 Å². The van der Waals surface area contributed by atoms with Gasteiger partial charge in [-0.15, -0.1) is 0 Å². The van der Waals surface area contributed by atoms with E-state index in [4.69, 9.17) is 10.5 Å². The Hall–Kier alpha value is -1.55. The third kappa shape index (κ3) is 1.44. The third-order valence-electron chi connectivity index (χ3n) is 2.11. The summed E-state index contributed by atoms with van der Waals surface area (Å²) in [5, 5.41) is 8.21. The molecule has 4 heteroatoms. The summed E-state index contributed by atoms with van der Waals surface area (Å²) in [7, 11) is 0. The maximum absolute atomic E-state index is 5.47. The van der Waals surface area contributed by atoms with Crippen molar-refractivity contribution >= 4 is 10.9 Å². The molecule has 0 unspecified atom stereocenters. The first-order chi connectivity index (χ1) is 6.83. The molecule has 74 valence electrons. The average Bonchev–Trinajstić information content (AvgIpc) is 2.58. The molecule has 2 aromatic rings. The molecule has 0 aliphatic heterocycles. The molecule has 1 heterocycles. The van der Waals surface area contributed by atoms with Crippen molar-refractivity contribution in [1.82, 2.24) is 10.2 Å². The first-order valence-corrected chi connectivity index (χ1v) is 4.59. The average molecular weight is 191 g/mol. The Morgan fingerprint density at radius 3 is 3.14 bits per heavy atom. The van der Waals surface area contributed by atoms with Gasteiger partial charge in [0.2, 0.25) is 0 Å². The second-order valence-corrected chi connectivity index (χ2v) is 3.14. The Balaban J connectivity index is 2.44. The van der Waals surface area contributed by atoms with Gasteiger partial charge in [0.15, 0.2) is 0 Å². The number of nitrogens with zero attached hydrogens (tertiary/aromatic N) is 1. The van der Waals surface area contributed by atoms with Crippen LogP contribution in [0.15, 0.2) is 18.2 Å². The van der Waals surface area contributed by atoms with Crippen LogP contribution in [0.4, 0.5) is 0 Å². The molecule has 0 atom stereocenters. The monoisotopic (exact) mass is 191 g/mol. The standard InChI is InChI=1S/C10H13N3O/c1-7-8-3-2-4-9(14-6-5-11)10(8)13-12-7/h2-4H,5-6,11H2,1H3,(H,12,13). The fourth-order valence-corrected chi connectivity index (χ4v) is 1.43. The maximum Gasteiger partial charge on any atom is 0.147 e. The zero-order valence-electron chi connectivity index (χ0n) is 8.08. The molecule has 0 amide bonds. The zero-order valence-corrected chi connectivity index (χ0v) is 8.08. The summed E-state index contributed by atoms with van der Waals surface area (Å²) in [6, 6.07) is 5.87. The molecule has 0 saturated carbocycles. The number of aromatic amines is 1. The van der Waals surface area contributed by atoms with Crippen molar-refractivity contribution in [2.75, 3.05) is 13.2 Å². The Morgan fingerprint density at radius 2 is 2.36 bits per heavy atom.